The Hall–Kier alpha value is -3.03. The molecule has 1 amide bonds. The molecule has 7 nitrogen and oxygen atoms in total. The second-order valence-corrected chi connectivity index (χ2v) is 4.68. The summed E-state index contributed by atoms with van der Waals surface area (Å²) in [5.41, 5.74) is 1.54. The van der Waals surface area contributed by atoms with Gasteiger partial charge in [-0.05, 0) is 31.2 Å². The summed E-state index contributed by atoms with van der Waals surface area (Å²) in [4.78, 5) is 16.0. The van der Waals surface area contributed by atoms with E-state index in [0.717, 1.165) is 5.69 Å². The van der Waals surface area contributed by atoms with Gasteiger partial charge in [-0.3, -0.25) is 9.89 Å². The van der Waals surface area contributed by atoms with Crippen molar-refractivity contribution in [1.29, 1.82) is 0 Å². The van der Waals surface area contributed by atoms with Crippen molar-refractivity contribution in [3.05, 3.63) is 59.7 Å². The van der Waals surface area contributed by atoms with Crippen LogP contribution in [0.5, 0.6) is 0 Å². The molecule has 0 saturated carbocycles. The van der Waals surface area contributed by atoms with Crippen molar-refractivity contribution in [2.75, 3.05) is 0 Å². The van der Waals surface area contributed by atoms with Crippen molar-refractivity contribution in [2.24, 2.45) is 0 Å². The molecule has 3 rings (SSSR count). The lowest BCUT2D eigenvalue weighted by Gasteiger charge is -2.03. The van der Waals surface area contributed by atoms with E-state index >= 15 is 0 Å². The quantitative estimate of drug-likeness (QED) is 0.761. The van der Waals surface area contributed by atoms with Crippen LogP contribution in [0.25, 0.3) is 5.69 Å². The summed E-state index contributed by atoms with van der Waals surface area (Å²) < 4.78 is 14.8. The second-order valence-electron chi connectivity index (χ2n) is 4.68. The highest BCUT2D eigenvalue weighted by atomic mass is 19.1. The summed E-state index contributed by atoms with van der Waals surface area (Å²) in [7, 11) is 0. The highest BCUT2D eigenvalue weighted by Gasteiger charge is 2.13. The van der Waals surface area contributed by atoms with Crippen LogP contribution in [0.4, 0.5) is 4.39 Å². The lowest BCUT2D eigenvalue weighted by Crippen LogP contribution is -2.24. The molecule has 2 N–H and O–H groups in total. The molecule has 0 aliphatic rings. The molecule has 3 aromatic rings. The minimum Gasteiger partial charge on any atom is -0.343 e. The molecule has 0 unspecified atom stereocenters. The average molecular weight is 300 g/mol. The lowest BCUT2D eigenvalue weighted by atomic mass is 10.3. The fourth-order valence-electron chi connectivity index (χ4n) is 2.03. The van der Waals surface area contributed by atoms with E-state index in [1.54, 1.807) is 25.1 Å². The number of hydrogen-bond acceptors (Lipinski definition) is 4. The van der Waals surface area contributed by atoms with Crippen LogP contribution in [0.1, 0.15) is 22.0 Å². The Labute approximate surface area is 125 Å². The number of H-pyrrole nitrogens is 1. The van der Waals surface area contributed by atoms with E-state index in [1.165, 1.54) is 23.1 Å². The molecule has 0 spiro atoms. The van der Waals surface area contributed by atoms with Crippen LogP contribution in [0.2, 0.25) is 0 Å². The molecule has 0 atom stereocenters. The van der Waals surface area contributed by atoms with Gasteiger partial charge in [-0.25, -0.2) is 14.1 Å². The first-order chi connectivity index (χ1) is 10.6. The zero-order valence-electron chi connectivity index (χ0n) is 11.7. The van der Waals surface area contributed by atoms with Crippen molar-refractivity contribution in [2.45, 2.75) is 13.5 Å². The standard InChI is InChI=1S/C14H13FN6O/c1-9-5-12(14(22)16-7-13-17-8-18-19-13)20-21(9)11-4-2-3-10(15)6-11/h2-6,8H,7H2,1H3,(H,16,22)(H,17,18,19). The van der Waals surface area contributed by atoms with Crippen LogP contribution < -0.4 is 5.32 Å². The van der Waals surface area contributed by atoms with Gasteiger partial charge in [-0.15, -0.1) is 0 Å². The van der Waals surface area contributed by atoms with Gasteiger partial charge in [-0.2, -0.15) is 10.2 Å². The summed E-state index contributed by atoms with van der Waals surface area (Å²) in [5.74, 6) is -0.145. The average Bonchev–Trinajstić information content (AvgIpc) is 3.14. The fraction of sp³-hybridized carbons (Fsp3) is 0.143. The maximum absolute atomic E-state index is 13.3. The van der Waals surface area contributed by atoms with Gasteiger partial charge in [0.15, 0.2) is 5.69 Å². The third kappa shape index (κ3) is 2.85. The number of nitrogens with zero attached hydrogens (tertiary/aromatic N) is 4. The number of carbonyl (C=O) groups is 1. The minimum absolute atomic E-state index is 0.227. The van der Waals surface area contributed by atoms with Gasteiger partial charge in [0.25, 0.3) is 5.91 Å². The van der Waals surface area contributed by atoms with Crippen LogP contribution in [-0.2, 0) is 6.54 Å². The molecule has 2 heterocycles. The van der Waals surface area contributed by atoms with E-state index in [2.05, 4.69) is 25.6 Å². The van der Waals surface area contributed by atoms with Crippen molar-refractivity contribution in [3.8, 4) is 5.69 Å². The number of halogens is 1. The monoisotopic (exact) mass is 300 g/mol. The van der Waals surface area contributed by atoms with Gasteiger partial charge in [0.1, 0.15) is 18.0 Å². The number of benzene rings is 1. The molecule has 2 aromatic heterocycles. The number of nitrogens with one attached hydrogen (secondary N) is 2. The van der Waals surface area contributed by atoms with Gasteiger partial charge < -0.3 is 5.32 Å². The molecule has 0 aliphatic carbocycles. The van der Waals surface area contributed by atoms with Crippen molar-refractivity contribution in [1.82, 2.24) is 30.3 Å². The van der Waals surface area contributed by atoms with E-state index in [9.17, 15) is 9.18 Å². The Morgan fingerprint density at radius 2 is 2.27 bits per heavy atom. The second kappa shape index (κ2) is 5.76. The summed E-state index contributed by atoms with van der Waals surface area (Å²) >= 11 is 0. The first kappa shape index (κ1) is 13.9. The largest absolute Gasteiger partial charge is 0.343 e. The molecule has 0 saturated heterocycles. The summed E-state index contributed by atoms with van der Waals surface area (Å²) in [6.45, 7) is 2.02. The number of aryl methyl sites for hydroxylation is 1. The number of carbonyl (C=O) groups excluding carboxylic acids is 1. The van der Waals surface area contributed by atoms with E-state index in [1.807, 2.05) is 0 Å². The van der Waals surface area contributed by atoms with Crippen LogP contribution >= 0.6 is 0 Å². The van der Waals surface area contributed by atoms with Gasteiger partial charge in [0.2, 0.25) is 0 Å². The van der Waals surface area contributed by atoms with Crippen molar-refractivity contribution in [3.63, 3.8) is 0 Å². The molecule has 8 heteroatoms. The number of aromatic nitrogens is 5. The molecular formula is C14H13FN6O. The Balaban J connectivity index is 1.78. The predicted octanol–water partition coefficient (Wildman–Crippen LogP) is 1.37. The van der Waals surface area contributed by atoms with Crippen LogP contribution in [0, 0.1) is 12.7 Å². The van der Waals surface area contributed by atoms with Gasteiger partial charge >= 0.3 is 0 Å². The molecule has 22 heavy (non-hydrogen) atoms. The normalized spacial score (nSPS) is 10.6. The van der Waals surface area contributed by atoms with E-state index in [-0.39, 0.29) is 24.0 Å². The maximum atomic E-state index is 13.3. The SMILES string of the molecule is Cc1cc(C(=O)NCc2ncn[nH]2)nn1-c1cccc(F)c1. The topological polar surface area (TPSA) is 88.5 Å². The van der Waals surface area contributed by atoms with E-state index in [0.29, 0.717) is 11.5 Å². The number of rotatable bonds is 4. The first-order valence-corrected chi connectivity index (χ1v) is 6.58. The van der Waals surface area contributed by atoms with Crippen molar-refractivity contribution >= 4 is 5.91 Å². The Kier molecular flexibility index (Phi) is 3.65. The zero-order chi connectivity index (χ0) is 15.5. The lowest BCUT2D eigenvalue weighted by molar-refractivity contribution is 0.0944. The predicted molar refractivity (Wildman–Crippen MR) is 75.8 cm³/mol. The van der Waals surface area contributed by atoms with Gasteiger partial charge in [0.05, 0.1) is 12.2 Å². The van der Waals surface area contributed by atoms with Crippen LogP contribution in [-0.4, -0.2) is 30.9 Å². The third-order valence-corrected chi connectivity index (χ3v) is 3.05. The van der Waals surface area contributed by atoms with Gasteiger partial charge in [-0.1, -0.05) is 6.07 Å². The molecule has 0 bridgehead atoms. The zero-order valence-corrected chi connectivity index (χ0v) is 11.7. The molecule has 0 aliphatic heterocycles. The minimum atomic E-state index is -0.358. The Morgan fingerprint density at radius 3 is 3.00 bits per heavy atom. The molecule has 1 aromatic carbocycles. The number of hydrogen-bond donors (Lipinski definition) is 2. The first-order valence-electron chi connectivity index (χ1n) is 6.58. The smallest absolute Gasteiger partial charge is 0.272 e. The maximum Gasteiger partial charge on any atom is 0.272 e. The highest BCUT2D eigenvalue weighted by molar-refractivity contribution is 5.92. The molecule has 112 valence electrons. The van der Waals surface area contributed by atoms with Gasteiger partial charge in [0, 0.05) is 5.69 Å². The molecular weight excluding hydrogens is 287 g/mol. The fourth-order valence-corrected chi connectivity index (χ4v) is 2.03. The third-order valence-electron chi connectivity index (χ3n) is 3.05. The van der Waals surface area contributed by atoms with E-state index in [4.69, 9.17) is 0 Å². The summed E-state index contributed by atoms with van der Waals surface area (Å²) in [6, 6.07) is 7.67. The molecule has 0 radical (unpaired) electrons. The Bertz CT molecular complexity index is 796. The van der Waals surface area contributed by atoms with Crippen LogP contribution in [0.15, 0.2) is 36.7 Å². The number of amides is 1. The van der Waals surface area contributed by atoms with E-state index < -0.39 is 0 Å². The molecule has 0 fully saturated rings. The summed E-state index contributed by atoms with van der Waals surface area (Å²) in [6.07, 6.45) is 1.37. The Morgan fingerprint density at radius 1 is 1.41 bits per heavy atom. The highest BCUT2D eigenvalue weighted by Crippen LogP contribution is 2.13. The van der Waals surface area contributed by atoms with Crippen molar-refractivity contribution < 1.29 is 9.18 Å². The van der Waals surface area contributed by atoms with Crippen LogP contribution in [0.3, 0.4) is 0 Å². The summed E-state index contributed by atoms with van der Waals surface area (Å²) in [5, 5.41) is 13.2. The number of aromatic amines is 1.